The first-order chi connectivity index (χ1) is 11.5. The van der Waals surface area contributed by atoms with Crippen molar-refractivity contribution in [2.45, 2.75) is 58.1 Å². The zero-order valence-electron chi connectivity index (χ0n) is 15.1. The molecule has 7 nitrogen and oxygen atoms in total. The molecule has 0 unspecified atom stereocenters. The zero-order valence-corrected chi connectivity index (χ0v) is 15.9. The molecule has 2 rings (SSSR count). The number of carbonyl (C=O) groups excluding carboxylic acids is 2. The van der Waals surface area contributed by atoms with E-state index in [1.165, 1.54) is 6.08 Å². The summed E-state index contributed by atoms with van der Waals surface area (Å²) in [4.78, 5) is 23.9. The molecule has 8 heteroatoms. The second kappa shape index (κ2) is 7.76. The molecule has 0 saturated heterocycles. The maximum atomic E-state index is 12.3. The largest absolute Gasteiger partial charge is 0.444 e. The van der Waals surface area contributed by atoms with E-state index in [1.54, 1.807) is 0 Å². The summed E-state index contributed by atoms with van der Waals surface area (Å²) in [5.41, 5.74) is -0.512. The predicted molar refractivity (Wildman–Crippen MR) is 94.5 cm³/mol. The molecule has 1 atom stereocenters. The highest BCUT2D eigenvalue weighted by Crippen LogP contribution is 2.29. The predicted octanol–water partition coefficient (Wildman–Crippen LogP) is 1.74. The van der Waals surface area contributed by atoms with Crippen LogP contribution in [0.1, 0.15) is 46.5 Å². The van der Waals surface area contributed by atoms with Gasteiger partial charge in [-0.25, -0.2) is 13.2 Å². The number of rotatable bonds is 4. The number of hydrogen-bond donors (Lipinski definition) is 2. The maximum Gasteiger partial charge on any atom is 0.407 e. The summed E-state index contributed by atoms with van der Waals surface area (Å²) in [5, 5.41) is 6.75. The molecule has 2 N–H and O–H groups in total. The van der Waals surface area contributed by atoms with Gasteiger partial charge in [0, 0.05) is 17.9 Å². The number of ether oxygens (including phenoxy) is 1. The Morgan fingerprint density at radius 1 is 1.16 bits per heavy atom. The maximum absolute atomic E-state index is 12.3. The van der Waals surface area contributed by atoms with Gasteiger partial charge >= 0.3 is 6.09 Å². The van der Waals surface area contributed by atoms with E-state index in [0.717, 1.165) is 31.1 Å². The van der Waals surface area contributed by atoms with Crippen molar-refractivity contribution in [3.8, 4) is 0 Å². The standard InChI is InChI=1S/C17H28N2O5S/c1-17(2,3)24-16(21)18-10-12-4-6-13(7-5-12)15(20)19-14-8-9-25(22,23)11-14/h8-9,12-14H,4-7,10-11H2,1-3H3,(H,18,21)(H,19,20)/t12?,13?,14-/m0/s1. The van der Waals surface area contributed by atoms with E-state index >= 15 is 0 Å². The van der Waals surface area contributed by atoms with Crippen molar-refractivity contribution < 1.29 is 22.7 Å². The Morgan fingerprint density at radius 3 is 2.32 bits per heavy atom. The molecular weight excluding hydrogens is 344 g/mol. The molecule has 2 amide bonds. The van der Waals surface area contributed by atoms with Gasteiger partial charge in [-0.2, -0.15) is 0 Å². The van der Waals surface area contributed by atoms with Crippen LogP contribution in [-0.4, -0.2) is 44.4 Å². The van der Waals surface area contributed by atoms with Crippen LogP contribution in [0.3, 0.4) is 0 Å². The third-order valence-electron chi connectivity index (χ3n) is 4.41. The van der Waals surface area contributed by atoms with Gasteiger partial charge in [-0.15, -0.1) is 0 Å². The molecule has 142 valence electrons. The second-order valence-electron chi connectivity index (χ2n) is 7.87. The molecule has 0 aromatic heterocycles. The molecule has 25 heavy (non-hydrogen) atoms. The molecule has 0 spiro atoms. The Labute approximate surface area is 149 Å². The molecule has 2 aliphatic rings. The van der Waals surface area contributed by atoms with Crippen molar-refractivity contribution in [2.75, 3.05) is 12.3 Å². The fraction of sp³-hybridized carbons (Fsp3) is 0.765. The van der Waals surface area contributed by atoms with E-state index in [9.17, 15) is 18.0 Å². The lowest BCUT2D eigenvalue weighted by atomic mass is 9.81. The van der Waals surface area contributed by atoms with Crippen molar-refractivity contribution in [3.63, 3.8) is 0 Å². The summed E-state index contributed by atoms with van der Waals surface area (Å²) in [6, 6.07) is -0.413. The molecule has 0 aromatic carbocycles. The Kier molecular flexibility index (Phi) is 6.13. The first-order valence-electron chi connectivity index (χ1n) is 8.72. The number of amides is 2. The highest BCUT2D eigenvalue weighted by Gasteiger charge is 2.30. The summed E-state index contributed by atoms with van der Waals surface area (Å²) >= 11 is 0. The quantitative estimate of drug-likeness (QED) is 0.783. The summed E-state index contributed by atoms with van der Waals surface area (Å²) in [6.07, 6.45) is 4.32. The van der Waals surface area contributed by atoms with Gasteiger partial charge in [0.05, 0.1) is 11.8 Å². The van der Waals surface area contributed by atoms with Gasteiger partial charge in [0.15, 0.2) is 9.84 Å². The molecule has 1 fully saturated rings. The van der Waals surface area contributed by atoms with Gasteiger partial charge < -0.3 is 15.4 Å². The lowest BCUT2D eigenvalue weighted by molar-refractivity contribution is -0.126. The van der Waals surface area contributed by atoms with Crippen molar-refractivity contribution >= 4 is 21.8 Å². The Balaban J connectivity index is 1.68. The lowest BCUT2D eigenvalue weighted by Gasteiger charge is -2.29. The molecule has 1 aliphatic heterocycles. The van der Waals surface area contributed by atoms with E-state index in [4.69, 9.17) is 4.74 Å². The van der Waals surface area contributed by atoms with E-state index < -0.39 is 27.6 Å². The van der Waals surface area contributed by atoms with Gasteiger partial charge in [-0.3, -0.25) is 4.79 Å². The number of carbonyl (C=O) groups is 2. The fourth-order valence-corrected chi connectivity index (χ4v) is 4.37. The van der Waals surface area contributed by atoms with Crippen LogP contribution < -0.4 is 10.6 Å². The van der Waals surface area contributed by atoms with Gasteiger partial charge in [0.1, 0.15) is 5.60 Å². The average molecular weight is 372 g/mol. The SMILES string of the molecule is CC(C)(C)OC(=O)NCC1CCC(C(=O)N[C@H]2C=CS(=O)(=O)C2)CC1. The Bertz CT molecular complexity index is 628. The van der Waals surface area contributed by atoms with Gasteiger partial charge in [0.25, 0.3) is 0 Å². The summed E-state index contributed by atoms with van der Waals surface area (Å²) in [7, 11) is -3.16. The third kappa shape index (κ3) is 6.68. The summed E-state index contributed by atoms with van der Waals surface area (Å²) < 4.78 is 28.0. The highest BCUT2D eigenvalue weighted by molar-refractivity contribution is 7.94. The van der Waals surface area contributed by atoms with Crippen molar-refractivity contribution in [2.24, 2.45) is 11.8 Å². The van der Waals surface area contributed by atoms with Crippen LogP contribution >= 0.6 is 0 Å². The number of nitrogens with one attached hydrogen (secondary N) is 2. The van der Waals surface area contributed by atoms with Crippen molar-refractivity contribution in [1.82, 2.24) is 10.6 Å². The highest BCUT2D eigenvalue weighted by atomic mass is 32.2. The smallest absolute Gasteiger partial charge is 0.407 e. The van der Waals surface area contributed by atoms with E-state index in [1.807, 2.05) is 20.8 Å². The molecular formula is C17H28N2O5S. The molecule has 0 bridgehead atoms. The molecule has 1 saturated carbocycles. The topological polar surface area (TPSA) is 102 Å². The first kappa shape index (κ1) is 19.8. The number of alkyl carbamates (subject to hydrolysis) is 1. The zero-order chi connectivity index (χ0) is 18.7. The molecule has 1 heterocycles. The minimum Gasteiger partial charge on any atom is -0.444 e. The molecule has 0 radical (unpaired) electrons. The van der Waals surface area contributed by atoms with E-state index in [0.29, 0.717) is 12.5 Å². The van der Waals surface area contributed by atoms with Gasteiger partial charge in [-0.1, -0.05) is 0 Å². The van der Waals surface area contributed by atoms with E-state index in [-0.39, 0.29) is 17.6 Å². The lowest BCUT2D eigenvalue weighted by Crippen LogP contribution is -2.41. The van der Waals surface area contributed by atoms with Gasteiger partial charge in [-0.05, 0) is 58.4 Å². The number of sulfone groups is 1. The summed E-state index contributed by atoms with van der Waals surface area (Å²) in [6.45, 7) is 6.01. The van der Waals surface area contributed by atoms with Crippen LogP contribution in [0.15, 0.2) is 11.5 Å². The normalized spacial score (nSPS) is 28.4. The van der Waals surface area contributed by atoms with Crippen LogP contribution in [0, 0.1) is 11.8 Å². The molecule has 0 aromatic rings. The van der Waals surface area contributed by atoms with Crippen molar-refractivity contribution in [1.29, 1.82) is 0 Å². The van der Waals surface area contributed by atoms with Gasteiger partial charge in [0.2, 0.25) is 5.91 Å². The molecule has 1 aliphatic carbocycles. The van der Waals surface area contributed by atoms with Crippen LogP contribution in [0.25, 0.3) is 0 Å². The second-order valence-corrected chi connectivity index (χ2v) is 9.80. The van der Waals surface area contributed by atoms with Crippen LogP contribution in [-0.2, 0) is 19.4 Å². The monoisotopic (exact) mass is 372 g/mol. The fourth-order valence-electron chi connectivity index (χ4n) is 3.14. The van der Waals surface area contributed by atoms with E-state index in [2.05, 4.69) is 10.6 Å². The Hall–Kier alpha value is -1.57. The van der Waals surface area contributed by atoms with Crippen molar-refractivity contribution in [3.05, 3.63) is 11.5 Å². The summed E-state index contributed by atoms with van der Waals surface area (Å²) in [5.74, 6) is 0.122. The number of hydrogen-bond acceptors (Lipinski definition) is 5. The Morgan fingerprint density at radius 2 is 1.80 bits per heavy atom. The third-order valence-corrected chi connectivity index (χ3v) is 5.80. The minimum absolute atomic E-state index is 0.0477. The average Bonchev–Trinajstić information content (AvgIpc) is 2.83. The van der Waals surface area contributed by atoms with Crippen LogP contribution in [0.5, 0.6) is 0 Å². The van der Waals surface area contributed by atoms with Crippen LogP contribution in [0.2, 0.25) is 0 Å². The first-order valence-corrected chi connectivity index (χ1v) is 10.4. The minimum atomic E-state index is -3.16. The van der Waals surface area contributed by atoms with Crippen LogP contribution in [0.4, 0.5) is 4.79 Å².